The van der Waals surface area contributed by atoms with E-state index >= 15 is 0 Å². The number of benzene rings is 1. The Labute approximate surface area is 136 Å². The number of aromatic nitrogens is 1. The Bertz CT molecular complexity index is 599. The molecule has 0 radical (unpaired) electrons. The van der Waals surface area contributed by atoms with Crippen molar-refractivity contribution in [1.82, 2.24) is 10.3 Å². The lowest BCUT2D eigenvalue weighted by Crippen LogP contribution is -2.26. The van der Waals surface area contributed by atoms with E-state index < -0.39 is 0 Å². The zero-order valence-corrected chi connectivity index (χ0v) is 13.5. The van der Waals surface area contributed by atoms with Gasteiger partial charge in [-0.3, -0.25) is 9.78 Å². The zero-order chi connectivity index (χ0) is 16.5. The summed E-state index contributed by atoms with van der Waals surface area (Å²) in [5, 5.41) is 2.97. The van der Waals surface area contributed by atoms with Gasteiger partial charge in [0, 0.05) is 18.8 Å². The number of pyridine rings is 1. The number of carbonyl (C=O) groups is 1. The molecule has 2 rings (SSSR count). The first-order valence-corrected chi connectivity index (χ1v) is 7.65. The summed E-state index contributed by atoms with van der Waals surface area (Å²) in [5.41, 5.74) is 1.04. The number of hydrogen-bond donors (Lipinski definition) is 1. The maximum atomic E-state index is 11.9. The molecule has 1 aromatic carbocycles. The van der Waals surface area contributed by atoms with E-state index in [1.165, 1.54) is 0 Å². The highest BCUT2D eigenvalue weighted by Crippen LogP contribution is 2.17. The number of ether oxygens (including phenoxy) is 2. The Morgan fingerprint density at radius 1 is 1.13 bits per heavy atom. The van der Waals surface area contributed by atoms with E-state index in [0.29, 0.717) is 19.4 Å². The highest BCUT2D eigenvalue weighted by molar-refractivity contribution is 5.76. The molecule has 2 aromatic rings. The minimum atomic E-state index is -0.0204. The summed E-state index contributed by atoms with van der Waals surface area (Å²) in [4.78, 5) is 15.9. The Balaban J connectivity index is 1.66. The first-order valence-electron chi connectivity index (χ1n) is 7.65. The van der Waals surface area contributed by atoms with Crippen LogP contribution in [0.25, 0.3) is 0 Å². The predicted octanol–water partition coefficient (Wildman–Crippen LogP) is 3.13. The Kier molecular flexibility index (Phi) is 6.41. The van der Waals surface area contributed by atoms with Crippen LogP contribution in [0.1, 0.15) is 31.4 Å². The van der Waals surface area contributed by atoms with Gasteiger partial charge in [0.25, 0.3) is 0 Å². The first-order chi connectivity index (χ1) is 11.2. The second kappa shape index (κ2) is 8.78. The molecule has 0 aliphatic rings. The average molecular weight is 314 g/mol. The number of carbonyl (C=O) groups excluding carboxylic acids is 1. The van der Waals surface area contributed by atoms with E-state index in [1.54, 1.807) is 19.5 Å². The van der Waals surface area contributed by atoms with Crippen molar-refractivity contribution in [3.8, 4) is 11.5 Å². The largest absolute Gasteiger partial charge is 0.497 e. The van der Waals surface area contributed by atoms with Gasteiger partial charge in [0.05, 0.1) is 19.8 Å². The summed E-state index contributed by atoms with van der Waals surface area (Å²) >= 11 is 0. The lowest BCUT2D eigenvalue weighted by Gasteiger charge is -2.14. The molecule has 1 unspecified atom stereocenters. The van der Waals surface area contributed by atoms with Crippen LogP contribution in [0.5, 0.6) is 11.5 Å². The topological polar surface area (TPSA) is 60.5 Å². The van der Waals surface area contributed by atoms with E-state index in [4.69, 9.17) is 9.47 Å². The van der Waals surface area contributed by atoms with Crippen LogP contribution in [0, 0.1) is 0 Å². The van der Waals surface area contributed by atoms with E-state index in [2.05, 4.69) is 10.3 Å². The fourth-order valence-electron chi connectivity index (χ4n) is 2.14. The van der Waals surface area contributed by atoms with Crippen LogP contribution < -0.4 is 14.8 Å². The van der Waals surface area contributed by atoms with Crippen LogP contribution in [0.15, 0.2) is 48.8 Å². The molecule has 5 nitrogen and oxygen atoms in total. The number of hydrogen-bond acceptors (Lipinski definition) is 4. The van der Waals surface area contributed by atoms with Crippen molar-refractivity contribution in [2.45, 2.75) is 25.8 Å². The molecule has 1 amide bonds. The fourth-order valence-corrected chi connectivity index (χ4v) is 2.14. The molecule has 122 valence electrons. The zero-order valence-electron chi connectivity index (χ0n) is 13.5. The minimum absolute atomic E-state index is 0.0204. The maximum absolute atomic E-state index is 11.9. The van der Waals surface area contributed by atoms with Crippen molar-refractivity contribution < 1.29 is 14.3 Å². The second-order valence-electron chi connectivity index (χ2n) is 5.20. The summed E-state index contributed by atoms with van der Waals surface area (Å²) in [6.07, 6.45) is 4.55. The second-order valence-corrected chi connectivity index (χ2v) is 5.20. The van der Waals surface area contributed by atoms with Gasteiger partial charge in [-0.15, -0.1) is 0 Å². The van der Waals surface area contributed by atoms with Crippen LogP contribution in [0.3, 0.4) is 0 Å². The Hall–Kier alpha value is -2.56. The molecule has 1 aromatic heterocycles. The van der Waals surface area contributed by atoms with Gasteiger partial charge in [-0.2, -0.15) is 0 Å². The molecule has 0 aliphatic carbocycles. The van der Waals surface area contributed by atoms with Crippen molar-refractivity contribution in [2.24, 2.45) is 0 Å². The van der Waals surface area contributed by atoms with Gasteiger partial charge in [-0.25, -0.2) is 0 Å². The van der Waals surface area contributed by atoms with Gasteiger partial charge in [0.2, 0.25) is 5.91 Å². The molecule has 0 aliphatic heterocycles. The van der Waals surface area contributed by atoms with E-state index in [9.17, 15) is 4.79 Å². The first kappa shape index (κ1) is 16.8. The highest BCUT2D eigenvalue weighted by atomic mass is 16.5. The monoisotopic (exact) mass is 314 g/mol. The van der Waals surface area contributed by atoms with Gasteiger partial charge in [-0.05, 0) is 55.3 Å². The summed E-state index contributed by atoms with van der Waals surface area (Å²) in [7, 11) is 1.63. The number of nitrogens with zero attached hydrogens (tertiary/aromatic N) is 1. The van der Waals surface area contributed by atoms with Gasteiger partial charge >= 0.3 is 0 Å². The molecule has 0 bridgehead atoms. The maximum Gasteiger partial charge on any atom is 0.220 e. The van der Waals surface area contributed by atoms with Gasteiger partial charge in [0.1, 0.15) is 11.5 Å². The van der Waals surface area contributed by atoms with Gasteiger partial charge in [0.15, 0.2) is 0 Å². The third-order valence-corrected chi connectivity index (χ3v) is 3.46. The third kappa shape index (κ3) is 5.62. The van der Waals surface area contributed by atoms with E-state index in [-0.39, 0.29) is 11.9 Å². The normalized spacial score (nSPS) is 11.6. The van der Waals surface area contributed by atoms with Crippen molar-refractivity contribution in [2.75, 3.05) is 13.7 Å². The summed E-state index contributed by atoms with van der Waals surface area (Å²) in [5.74, 6) is 1.59. The van der Waals surface area contributed by atoms with Crippen molar-refractivity contribution in [3.05, 3.63) is 54.4 Å². The predicted molar refractivity (Wildman–Crippen MR) is 88.5 cm³/mol. The third-order valence-electron chi connectivity index (χ3n) is 3.46. The van der Waals surface area contributed by atoms with Gasteiger partial charge < -0.3 is 14.8 Å². The molecule has 5 heteroatoms. The van der Waals surface area contributed by atoms with E-state index in [0.717, 1.165) is 17.1 Å². The quantitative estimate of drug-likeness (QED) is 0.761. The van der Waals surface area contributed by atoms with Crippen LogP contribution in [-0.2, 0) is 4.79 Å². The molecule has 0 spiro atoms. The fraction of sp³-hybridized carbons (Fsp3) is 0.333. The highest BCUT2D eigenvalue weighted by Gasteiger charge is 2.09. The lowest BCUT2D eigenvalue weighted by molar-refractivity contribution is -0.121. The van der Waals surface area contributed by atoms with Crippen molar-refractivity contribution >= 4 is 5.91 Å². The molecule has 0 saturated heterocycles. The van der Waals surface area contributed by atoms with Crippen LogP contribution in [0.2, 0.25) is 0 Å². The van der Waals surface area contributed by atoms with Gasteiger partial charge in [-0.1, -0.05) is 0 Å². The summed E-state index contributed by atoms with van der Waals surface area (Å²) in [6, 6.07) is 11.2. The lowest BCUT2D eigenvalue weighted by atomic mass is 10.1. The number of rotatable bonds is 8. The molecule has 23 heavy (non-hydrogen) atoms. The van der Waals surface area contributed by atoms with Crippen molar-refractivity contribution in [3.63, 3.8) is 0 Å². The molecule has 1 N–H and O–H groups in total. The molecule has 0 saturated carbocycles. The summed E-state index contributed by atoms with van der Waals surface area (Å²) < 4.78 is 10.7. The number of methoxy groups -OCH3 is 1. The van der Waals surface area contributed by atoms with Crippen LogP contribution >= 0.6 is 0 Å². The SMILES string of the molecule is COc1ccc(OCCCC(=O)NC(C)c2ccncc2)cc1. The van der Waals surface area contributed by atoms with Crippen LogP contribution in [-0.4, -0.2) is 24.6 Å². The van der Waals surface area contributed by atoms with Crippen molar-refractivity contribution in [1.29, 1.82) is 0 Å². The molecule has 0 fully saturated rings. The van der Waals surface area contributed by atoms with Crippen LogP contribution in [0.4, 0.5) is 0 Å². The molecular weight excluding hydrogens is 292 g/mol. The Morgan fingerprint density at radius 3 is 2.43 bits per heavy atom. The number of amides is 1. The number of nitrogens with one attached hydrogen (secondary N) is 1. The molecular formula is C18H22N2O3. The van der Waals surface area contributed by atoms with E-state index in [1.807, 2.05) is 43.3 Å². The minimum Gasteiger partial charge on any atom is -0.497 e. The standard InChI is InChI=1S/C18H22N2O3/c1-14(15-9-11-19-12-10-15)20-18(21)4-3-13-23-17-7-5-16(22-2)6-8-17/h5-12,14H,3-4,13H2,1-2H3,(H,20,21). The molecule has 1 heterocycles. The Morgan fingerprint density at radius 2 is 1.78 bits per heavy atom. The molecule has 1 atom stereocenters. The smallest absolute Gasteiger partial charge is 0.220 e. The summed E-state index contributed by atoms with van der Waals surface area (Å²) in [6.45, 7) is 2.46. The average Bonchev–Trinajstić information content (AvgIpc) is 2.60.